The van der Waals surface area contributed by atoms with E-state index in [0.29, 0.717) is 12.0 Å². The highest BCUT2D eigenvalue weighted by atomic mass is 127. The average molecular weight is 365 g/mol. The van der Waals surface area contributed by atoms with E-state index in [1.54, 1.807) is 17.6 Å². The zero-order chi connectivity index (χ0) is 12.3. The highest BCUT2D eigenvalue weighted by molar-refractivity contribution is 14.1. The monoisotopic (exact) mass is 365 g/mol. The van der Waals surface area contributed by atoms with Gasteiger partial charge in [-0.3, -0.25) is 0 Å². The van der Waals surface area contributed by atoms with Crippen molar-refractivity contribution in [1.82, 2.24) is 5.32 Å². The second-order valence-electron chi connectivity index (χ2n) is 4.84. The maximum Gasteiger partial charge on any atom is 0.0659 e. The Morgan fingerprint density at radius 1 is 1.65 bits per heavy atom. The van der Waals surface area contributed by atoms with Crippen LogP contribution in [-0.2, 0) is 11.2 Å². The van der Waals surface area contributed by atoms with Crippen LogP contribution in [0.5, 0.6) is 0 Å². The van der Waals surface area contributed by atoms with Gasteiger partial charge < -0.3 is 10.1 Å². The van der Waals surface area contributed by atoms with Gasteiger partial charge in [0.2, 0.25) is 0 Å². The quantitative estimate of drug-likeness (QED) is 0.805. The topological polar surface area (TPSA) is 21.3 Å². The zero-order valence-corrected chi connectivity index (χ0v) is 13.4. The standard InChI is InChI=1S/C13H20INOS/c1-9(8-16-2)7-15-11-4-3-5-12-10(11)6-13(14)17-12/h6,9,11,15H,3-5,7-8H2,1-2H3. The van der Waals surface area contributed by atoms with Crippen molar-refractivity contribution in [2.45, 2.75) is 32.2 Å². The van der Waals surface area contributed by atoms with Crippen LogP contribution >= 0.6 is 33.9 Å². The van der Waals surface area contributed by atoms with E-state index in [2.05, 4.69) is 40.9 Å². The Balaban J connectivity index is 1.94. The summed E-state index contributed by atoms with van der Waals surface area (Å²) in [6.07, 6.45) is 3.87. The molecule has 1 aromatic heterocycles. The molecule has 1 aliphatic rings. The van der Waals surface area contributed by atoms with E-state index in [9.17, 15) is 0 Å². The molecule has 0 saturated heterocycles. The Bertz CT molecular complexity index is 366. The predicted octanol–water partition coefficient (Wildman–Crippen LogP) is 3.60. The van der Waals surface area contributed by atoms with Crippen LogP contribution in [0.2, 0.25) is 0 Å². The molecule has 17 heavy (non-hydrogen) atoms. The molecule has 0 aliphatic heterocycles. The van der Waals surface area contributed by atoms with Crippen molar-refractivity contribution in [3.8, 4) is 0 Å². The van der Waals surface area contributed by atoms with Gasteiger partial charge in [-0.05, 0) is 59.4 Å². The summed E-state index contributed by atoms with van der Waals surface area (Å²) >= 11 is 4.40. The molecule has 0 radical (unpaired) electrons. The second kappa shape index (κ2) is 6.50. The smallest absolute Gasteiger partial charge is 0.0659 e. The summed E-state index contributed by atoms with van der Waals surface area (Å²) in [4.78, 5) is 1.59. The van der Waals surface area contributed by atoms with E-state index in [4.69, 9.17) is 4.74 Å². The van der Waals surface area contributed by atoms with Crippen molar-refractivity contribution in [2.75, 3.05) is 20.3 Å². The van der Waals surface area contributed by atoms with Gasteiger partial charge in [0.25, 0.3) is 0 Å². The Morgan fingerprint density at radius 2 is 2.47 bits per heavy atom. The number of aryl methyl sites for hydroxylation is 1. The first-order valence-electron chi connectivity index (χ1n) is 6.21. The highest BCUT2D eigenvalue weighted by Gasteiger charge is 2.22. The lowest BCUT2D eigenvalue weighted by molar-refractivity contribution is 0.156. The van der Waals surface area contributed by atoms with Gasteiger partial charge in [0.15, 0.2) is 0 Å². The molecule has 0 amide bonds. The third kappa shape index (κ3) is 3.66. The number of hydrogen-bond donors (Lipinski definition) is 1. The molecule has 2 rings (SSSR count). The minimum Gasteiger partial charge on any atom is -0.384 e. The molecular weight excluding hydrogens is 345 g/mol. The van der Waals surface area contributed by atoms with Gasteiger partial charge in [-0.25, -0.2) is 0 Å². The van der Waals surface area contributed by atoms with Crippen LogP contribution in [0.15, 0.2) is 6.07 Å². The fourth-order valence-electron chi connectivity index (χ4n) is 2.42. The zero-order valence-electron chi connectivity index (χ0n) is 10.5. The third-order valence-corrected chi connectivity index (χ3v) is 5.22. The Morgan fingerprint density at radius 3 is 3.24 bits per heavy atom. The van der Waals surface area contributed by atoms with E-state index in [-0.39, 0.29) is 0 Å². The maximum absolute atomic E-state index is 5.18. The lowest BCUT2D eigenvalue weighted by atomic mass is 9.94. The molecule has 0 bridgehead atoms. The summed E-state index contributed by atoms with van der Waals surface area (Å²) in [6, 6.07) is 2.93. The Kier molecular flexibility index (Phi) is 5.26. The summed E-state index contributed by atoms with van der Waals surface area (Å²) < 4.78 is 6.60. The Labute approximate surface area is 121 Å². The molecule has 2 nitrogen and oxygen atoms in total. The van der Waals surface area contributed by atoms with Crippen molar-refractivity contribution in [2.24, 2.45) is 5.92 Å². The highest BCUT2D eigenvalue weighted by Crippen LogP contribution is 2.36. The second-order valence-corrected chi connectivity index (χ2v) is 7.87. The molecule has 1 N–H and O–H groups in total. The third-order valence-electron chi connectivity index (χ3n) is 3.25. The summed E-state index contributed by atoms with van der Waals surface area (Å²) in [5, 5.41) is 3.70. The molecule has 0 spiro atoms. The molecule has 1 aliphatic carbocycles. The first kappa shape index (κ1) is 13.8. The molecule has 4 heteroatoms. The van der Waals surface area contributed by atoms with E-state index in [1.807, 2.05) is 11.3 Å². The van der Waals surface area contributed by atoms with Gasteiger partial charge in [-0.15, -0.1) is 11.3 Å². The molecule has 0 fully saturated rings. The van der Waals surface area contributed by atoms with Gasteiger partial charge in [0.05, 0.1) is 2.88 Å². The van der Waals surface area contributed by atoms with Gasteiger partial charge in [0, 0.05) is 31.2 Å². The van der Waals surface area contributed by atoms with Crippen molar-refractivity contribution in [3.05, 3.63) is 19.4 Å². The normalized spacial score (nSPS) is 21.2. The maximum atomic E-state index is 5.18. The van der Waals surface area contributed by atoms with Crippen molar-refractivity contribution < 1.29 is 4.74 Å². The minimum absolute atomic E-state index is 0.567. The first-order valence-corrected chi connectivity index (χ1v) is 8.10. The van der Waals surface area contributed by atoms with Crippen molar-refractivity contribution in [1.29, 1.82) is 0 Å². The molecule has 0 saturated carbocycles. The Hall–Kier alpha value is 0.350. The molecule has 96 valence electrons. The summed E-state index contributed by atoms with van der Waals surface area (Å²) in [5.41, 5.74) is 1.55. The van der Waals surface area contributed by atoms with Crippen LogP contribution in [0.3, 0.4) is 0 Å². The molecule has 1 aromatic rings. The number of methoxy groups -OCH3 is 1. The predicted molar refractivity (Wildman–Crippen MR) is 81.8 cm³/mol. The molecular formula is C13H20INOS. The van der Waals surface area contributed by atoms with E-state index < -0.39 is 0 Å². The minimum atomic E-state index is 0.567. The van der Waals surface area contributed by atoms with Crippen LogP contribution in [0.25, 0.3) is 0 Å². The summed E-state index contributed by atoms with van der Waals surface area (Å²) in [6.45, 7) is 4.12. The van der Waals surface area contributed by atoms with Crippen LogP contribution < -0.4 is 5.32 Å². The number of fused-ring (bicyclic) bond motifs is 1. The number of ether oxygens (including phenoxy) is 1. The van der Waals surface area contributed by atoms with Gasteiger partial charge in [-0.1, -0.05) is 6.92 Å². The van der Waals surface area contributed by atoms with E-state index >= 15 is 0 Å². The number of thiophene rings is 1. The number of hydrogen-bond acceptors (Lipinski definition) is 3. The number of halogens is 1. The summed E-state index contributed by atoms with van der Waals surface area (Å²) in [5.74, 6) is 0.586. The van der Waals surface area contributed by atoms with Crippen molar-refractivity contribution >= 4 is 33.9 Å². The molecule has 0 aromatic carbocycles. The molecule has 2 unspecified atom stereocenters. The fourth-order valence-corrected chi connectivity index (χ4v) is 4.54. The molecule has 1 heterocycles. The van der Waals surface area contributed by atoms with Crippen LogP contribution in [0.4, 0.5) is 0 Å². The largest absolute Gasteiger partial charge is 0.384 e. The fraction of sp³-hybridized carbons (Fsp3) is 0.692. The van der Waals surface area contributed by atoms with Gasteiger partial charge >= 0.3 is 0 Å². The lowest BCUT2D eigenvalue weighted by Gasteiger charge is -2.25. The van der Waals surface area contributed by atoms with Crippen molar-refractivity contribution in [3.63, 3.8) is 0 Å². The first-order chi connectivity index (χ1) is 8.20. The molecule has 2 atom stereocenters. The van der Waals surface area contributed by atoms with Crippen LogP contribution in [-0.4, -0.2) is 20.3 Å². The van der Waals surface area contributed by atoms with Gasteiger partial charge in [0.1, 0.15) is 0 Å². The van der Waals surface area contributed by atoms with E-state index in [0.717, 1.165) is 13.2 Å². The SMILES string of the molecule is COCC(C)CNC1CCCc2sc(I)cc21. The number of nitrogens with one attached hydrogen (secondary N) is 1. The van der Waals surface area contributed by atoms with E-state index in [1.165, 1.54) is 22.1 Å². The van der Waals surface area contributed by atoms with Crippen LogP contribution in [0, 0.1) is 8.80 Å². The van der Waals surface area contributed by atoms with Gasteiger partial charge in [-0.2, -0.15) is 0 Å². The van der Waals surface area contributed by atoms with Crippen LogP contribution in [0.1, 0.15) is 36.2 Å². The average Bonchev–Trinajstić information content (AvgIpc) is 2.67. The summed E-state index contributed by atoms with van der Waals surface area (Å²) in [7, 11) is 1.77. The lowest BCUT2D eigenvalue weighted by Crippen LogP contribution is -2.29. The number of rotatable bonds is 5.